The van der Waals surface area contributed by atoms with Gasteiger partial charge < -0.3 is 19.7 Å². The standard InChI is InChI=1S/C27H27N3O4S/c1-4-14-34-26(32)24-18(2)29-27-30(25(24)20-10-12-22(33-3)13-11-20)21(17-35-27)15-23(31)28-16-19-8-6-5-7-9-19/h4-13,17,25H,1,14-16H2,2-3H3,(H,28,31). The number of methoxy groups -OCH3 is 1. The number of nitrogens with one attached hydrogen (secondary N) is 1. The quantitative estimate of drug-likeness (QED) is 0.406. The first kappa shape index (κ1) is 24.3. The molecule has 180 valence electrons. The minimum atomic E-state index is -0.492. The molecule has 1 atom stereocenters. The number of hydrogen-bond acceptors (Lipinski definition) is 7. The highest BCUT2D eigenvalue weighted by molar-refractivity contribution is 8.16. The van der Waals surface area contributed by atoms with E-state index >= 15 is 0 Å². The van der Waals surface area contributed by atoms with Gasteiger partial charge in [0.15, 0.2) is 5.17 Å². The highest BCUT2D eigenvalue weighted by atomic mass is 32.2. The lowest BCUT2D eigenvalue weighted by Gasteiger charge is -2.36. The van der Waals surface area contributed by atoms with Crippen molar-refractivity contribution in [3.8, 4) is 5.75 Å². The zero-order valence-corrected chi connectivity index (χ0v) is 20.5. The van der Waals surface area contributed by atoms with Crippen LogP contribution in [0.25, 0.3) is 0 Å². The molecule has 1 amide bonds. The maximum atomic E-state index is 13.1. The van der Waals surface area contributed by atoms with E-state index in [1.807, 2.05) is 64.9 Å². The van der Waals surface area contributed by atoms with Gasteiger partial charge >= 0.3 is 5.97 Å². The summed E-state index contributed by atoms with van der Waals surface area (Å²) in [5, 5.41) is 5.61. The summed E-state index contributed by atoms with van der Waals surface area (Å²) in [7, 11) is 1.61. The number of benzene rings is 2. The van der Waals surface area contributed by atoms with Gasteiger partial charge in [-0.1, -0.05) is 66.9 Å². The van der Waals surface area contributed by atoms with Crippen molar-refractivity contribution in [2.24, 2.45) is 4.99 Å². The molecule has 4 rings (SSSR count). The minimum Gasteiger partial charge on any atom is -0.497 e. The number of thioether (sulfide) groups is 1. The molecule has 0 radical (unpaired) electrons. The van der Waals surface area contributed by atoms with Gasteiger partial charge in [0.2, 0.25) is 5.91 Å². The zero-order valence-electron chi connectivity index (χ0n) is 19.7. The van der Waals surface area contributed by atoms with E-state index in [1.165, 1.54) is 17.8 Å². The van der Waals surface area contributed by atoms with Gasteiger partial charge in [0.25, 0.3) is 0 Å². The molecule has 0 aromatic heterocycles. The van der Waals surface area contributed by atoms with Crippen LogP contribution in [0, 0.1) is 0 Å². The number of carbonyl (C=O) groups excluding carboxylic acids is 2. The summed E-state index contributed by atoms with van der Waals surface area (Å²) in [5.74, 6) is 0.134. The summed E-state index contributed by atoms with van der Waals surface area (Å²) < 4.78 is 10.7. The second kappa shape index (κ2) is 11.1. The number of allylic oxidation sites excluding steroid dienone is 1. The number of ether oxygens (including phenoxy) is 2. The molecule has 0 aliphatic carbocycles. The number of fused-ring (bicyclic) bond motifs is 1. The molecule has 1 N–H and O–H groups in total. The molecule has 0 spiro atoms. The Labute approximate surface area is 209 Å². The fraction of sp³-hybridized carbons (Fsp3) is 0.222. The number of carbonyl (C=O) groups is 2. The van der Waals surface area contributed by atoms with Crippen LogP contribution in [-0.2, 0) is 20.9 Å². The molecule has 2 aromatic rings. The maximum Gasteiger partial charge on any atom is 0.338 e. The van der Waals surface area contributed by atoms with Crippen molar-refractivity contribution in [2.75, 3.05) is 13.7 Å². The van der Waals surface area contributed by atoms with Crippen LogP contribution in [0.2, 0.25) is 0 Å². The van der Waals surface area contributed by atoms with Gasteiger partial charge in [-0.3, -0.25) is 4.79 Å². The van der Waals surface area contributed by atoms with Gasteiger partial charge in [-0.2, -0.15) is 0 Å². The van der Waals surface area contributed by atoms with Gasteiger partial charge in [0.05, 0.1) is 30.8 Å². The maximum absolute atomic E-state index is 13.1. The van der Waals surface area contributed by atoms with E-state index in [2.05, 4.69) is 16.9 Å². The van der Waals surface area contributed by atoms with E-state index in [0.717, 1.165) is 22.0 Å². The van der Waals surface area contributed by atoms with E-state index in [9.17, 15) is 9.59 Å². The second-order valence-corrected chi connectivity index (χ2v) is 8.83. The number of esters is 1. The van der Waals surface area contributed by atoms with Crippen LogP contribution < -0.4 is 10.1 Å². The Hall–Kier alpha value is -3.78. The van der Waals surface area contributed by atoms with E-state index in [4.69, 9.17) is 9.47 Å². The molecule has 0 bridgehead atoms. The van der Waals surface area contributed by atoms with E-state index < -0.39 is 12.0 Å². The third-order valence-electron chi connectivity index (χ3n) is 5.66. The fourth-order valence-corrected chi connectivity index (χ4v) is 4.93. The smallest absolute Gasteiger partial charge is 0.338 e. The first-order chi connectivity index (χ1) is 17.0. The predicted molar refractivity (Wildman–Crippen MR) is 137 cm³/mol. The number of amidine groups is 1. The second-order valence-electron chi connectivity index (χ2n) is 7.99. The number of amides is 1. The van der Waals surface area contributed by atoms with Gasteiger partial charge in [-0.25, -0.2) is 9.79 Å². The molecule has 1 unspecified atom stereocenters. The molecule has 2 aromatic carbocycles. The normalized spacial score (nSPS) is 16.7. The van der Waals surface area contributed by atoms with Gasteiger partial charge in [-0.15, -0.1) is 0 Å². The summed E-state index contributed by atoms with van der Waals surface area (Å²) in [4.78, 5) is 32.5. The molecular formula is C27H27N3O4S. The summed E-state index contributed by atoms with van der Waals surface area (Å²) in [6, 6.07) is 16.8. The lowest BCUT2D eigenvalue weighted by Crippen LogP contribution is -2.38. The molecule has 2 aliphatic heterocycles. The number of nitrogens with zero attached hydrogens (tertiary/aromatic N) is 2. The number of aliphatic imine (C=N–C) groups is 1. The third kappa shape index (κ3) is 5.49. The number of rotatable bonds is 9. The van der Waals surface area contributed by atoms with Gasteiger partial charge in [0.1, 0.15) is 12.4 Å². The summed E-state index contributed by atoms with van der Waals surface area (Å²) in [5.41, 5.74) is 3.67. The molecular weight excluding hydrogens is 462 g/mol. The Kier molecular flexibility index (Phi) is 7.72. The van der Waals surface area contributed by atoms with Crippen molar-refractivity contribution in [3.05, 3.63) is 101 Å². The average molecular weight is 490 g/mol. The molecule has 0 saturated carbocycles. The van der Waals surface area contributed by atoms with Crippen molar-refractivity contribution in [2.45, 2.75) is 25.9 Å². The Morgan fingerprint density at radius 3 is 2.60 bits per heavy atom. The van der Waals surface area contributed by atoms with E-state index in [-0.39, 0.29) is 18.9 Å². The van der Waals surface area contributed by atoms with Crippen LogP contribution in [0.5, 0.6) is 5.75 Å². The number of hydrogen-bond donors (Lipinski definition) is 1. The summed E-state index contributed by atoms with van der Waals surface area (Å²) >= 11 is 1.44. The van der Waals surface area contributed by atoms with E-state index in [0.29, 0.717) is 23.6 Å². The van der Waals surface area contributed by atoms with Crippen LogP contribution in [-0.4, -0.2) is 35.7 Å². The zero-order chi connectivity index (χ0) is 24.8. The highest BCUT2D eigenvalue weighted by Crippen LogP contribution is 2.45. The molecule has 8 heteroatoms. The highest BCUT2D eigenvalue weighted by Gasteiger charge is 2.41. The van der Waals surface area contributed by atoms with Crippen molar-refractivity contribution in [1.82, 2.24) is 10.2 Å². The van der Waals surface area contributed by atoms with Crippen molar-refractivity contribution in [1.29, 1.82) is 0 Å². The molecule has 2 aliphatic rings. The molecule has 7 nitrogen and oxygen atoms in total. The first-order valence-electron chi connectivity index (χ1n) is 11.2. The van der Waals surface area contributed by atoms with Crippen LogP contribution >= 0.6 is 11.8 Å². The lowest BCUT2D eigenvalue weighted by atomic mass is 9.93. The van der Waals surface area contributed by atoms with Gasteiger partial charge in [0, 0.05) is 12.2 Å². The molecule has 0 saturated heterocycles. The lowest BCUT2D eigenvalue weighted by molar-refractivity contribution is -0.138. The summed E-state index contributed by atoms with van der Waals surface area (Å²) in [6.45, 7) is 5.97. The SMILES string of the molecule is C=CCOC(=O)C1=C(C)N=C2SC=C(CC(=O)NCc3ccccc3)N2C1c1ccc(OC)cc1. The fourth-order valence-electron chi connectivity index (χ4n) is 3.97. The van der Waals surface area contributed by atoms with Crippen LogP contribution in [0.1, 0.15) is 30.5 Å². The Morgan fingerprint density at radius 1 is 1.17 bits per heavy atom. The monoisotopic (exact) mass is 489 g/mol. The molecule has 35 heavy (non-hydrogen) atoms. The van der Waals surface area contributed by atoms with Crippen molar-refractivity contribution < 1.29 is 19.1 Å². The first-order valence-corrected chi connectivity index (χ1v) is 12.1. The minimum absolute atomic E-state index is 0.0981. The Bertz CT molecular complexity index is 1200. The van der Waals surface area contributed by atoms with Crippen LogP contribution in [0.4, 0.5) is 0 Å². The van der Waals surface area contributed by atoms with Gasteiger partial charge in [-0.05, 0) is 35.6 Å². The van der Waals surface area contributed by atoms with E-state index in [1.54, 1.807) is 14.0 Å². The predicted octanol–water partition coefficient (Wildman–Crippen LogP) is 4.71. The topological polar surface area (TPSA) is 80.2 Å². The molecule has 0 fully saturated rings. The van der Waals surface area contributed by atoms with Crippen LogP contribution in [0.3, 0.4) is 0 Å². The average Bonchev–Trinajstić information content (AvgIpc) is 3.27. The molecule has 2 heterocycles. The largest absolute Gasteiger partial charge is 0.497 e. The van der Waals surface area contributed by atoms with Crippen LogP contribution in [0.15, 0.2) is 94.6 Å². The Morgan fingerprint density at radius 2 is 1.91 bits per heavy atom. The third-order valence-corrected chi connectivity index (χ3v) is 6.55. The Balaban J connectivity index is 1.61. The van der Waals surface area contributed by atoms with Crippen molar-refractivity contribution in [3.63, 3.8) is 0 Å². The summed E-state index contributed by atoms with van der Waals surface area (Å²) in [6.07, 6.45) is 1.68. The van der Waals surface area contributed by atoms with Crippen molar-refractivity contribution >= 4 is 28.8 Å².